The van der Waals surface area contributed by atoms with E-state index in [4.69, 9.17) is 16.3 Å². The van der Waals surface area contributed by atoms with Gasteiger partial charge in [-0.3, -0.25) is 9.59 Å². The molecule has 0 aliphatic rings. The van der Waals surface area contributed by atoms with Crippen molar-refractivity contribution in [1.82, 2.24) is 0 Å². The molecule has 2 aromatic carbocycles. The van der Waals surface area contributed by atoms with Gasteiger partial charge >= 0.3 is 0 Å². The highest BCUT2D eigenvalue weighted by Gasteiger charge is 2.11. The second kappa shape index (κ2) is 7.74. The number of carbonyl (C=O) groups is 2. The van der Waals surface area contributed by atoms with Crippen molar-refractivity contribution in [2.45, 2.75) is 12.8 Å². The third-order valence-corrected chi connectivity index (χ3v) is 3.51. The first-order valence-corrected chi connectivity index (χ1v) is 7.29. The van der Waals surface area contributed by atoms with Crippen LogP contribution in [-0.4, -0.2) is 18.8 Å². The summed E-state index contributed by atoms with van der Waals surface area (Å²) in [5.74, 6) is -0.374. The molecule has 1 amide bonds. The molecular weight excluding hydrogens is 321 g/mol. The van der Waals surface area contributed by atoms with Crippen LogP contribution in [-0.2, 0) is 4.79 Å². The van der Waals surface area contributed by atoms with E-state index in [9.17, 15) is 14.0 Å². The van der Waals surface area contributed by atoms with Gasteiger partial charge in [-0.15, -0.1) is 0 Å². The number of ether oxygens (including phenoxy) is 1. The Morgan fingerprint density at radius 1 is 1.13 bits per heavy atom. The van der Waals surface area contributed by atoms with Crippen LogP contribution in [0.15, 0.2) is 42.5 Å². The Morgan fingerprint density at radius 3 is 2.43 bits per heavy atom. The van der Waals surface area contributed by atoms with Gasteiger partial charge in [0, 0.05) is 24.5 Å². The highest BCUT2D eigenvalue weighted by molar-refractivity contribution is 6.33. The van der Waals surface area contributed by atoms with Gasteiger partial charge in [0.05, 0.1) is 17.8 Å². The zero-order valence-corrected chi connectivity index (χ0v) is 13.2. The van der Waals surface area contributed by atoms with E-state index in [0.717, 1.165) is 0 Å². The van der Waals surface area contributed by atoms with Gasteiger partial charge in [0.2, 0.25) is 5.91 Å². The molecule has 0 heterocycles. The van der Waals surface area contributed by atoms with Crippen molar-refractivity contribution in [2.24, 2.45) is 0 Å². The predicted octanol–water partition coefficient (Wildman–Crippen LogP) is 4.09. The van der Waals surface area contributed by atoms with Crippen LogP contribution in [0.2, 0.25) is 5.02 Å². The molecule has 0 atom stereocenters. The zero-order valence-electron chi connectivity index (χ0n) is 12.4. The van der Waals surface area contributed by atoms with Crippen LogP contribution in [0.25, 0.3) is 0 Å². The van der Waals surface area contributed by atoms with Crippen LogP contribution in [0.3, 0.4) is 0 Å². The summed E-state index contributed by atoms with van der Waals surface area (Å²) in [5.41, 5.74) is 0.827. The third kappa shape index (κ3) is 4.79. The molecule has 0 unspecified atom stereocenters. The molecule has 2 rings (SSSR count). The number of hydrogen-bond donors (Lipinski definition) is 1. The fourth-order valence-electron chi connectivity index (χ4n) is 1.94. The van der Waals surface area contributed by atoms with Crippen molar-refractivity contribution in [3.8, 4) is 5.75 Å². The average Bonchev–Trinajstić information content (AvgIpc) is 2.55. The van der Waals surface area contributed by atoms with E-state index in [0.29, 0.717) is 22.0 Å². The minimum Gasteiger partial charge on any atom is -0.497 e. The van der Waals surface area contributed by atoms with Crippen molar-refractivity contribution in [1.29, 1.82) is 0 Å². The molecule has 23 heavy (non-hydrogen) atoms. The van der Waals surface area contributed by atoms with E-state index >= 15 is 0 Å². The van der Waals surface area contributed by atoms with Gasteiger partial charge in [-0.25, -0.2) is 4.39 Å². The number of nitrogens with one attached hydrogen (secondary N) is 1. The van der Waals surface area contributed by atoms with Gasteiger partial charge in [0.1, 0.15) is 11.6 Å². The monoisotopic (exact) mass is 335 g/mol. The molecule has 0 radical (unpaired) electrons. The number of anilines is 1. The van der Waals surface area contributed by atoms with Gasteiger partial charge in [-0.1, -0.05) is 11.6 Å². The number of halogens is 2. The topological polar surface area (TPSA) is 55.4 Å². The number of ketones is 1. The van der Waals surface area contributed by atoms with Crippen molar-refractivity contribution in [3.05, 3.63) is 58.9 Å². The molecule has 0 aliphatic heterocycles. The van der Waals surface area contributed by atoms with Crippen LogP contribution in [0, 0.1) is 5.82 Å². The highest BCUT2D eigenvalue weighted by Crippen LogP contribution is 2.26. The predicted molar refractivity (Wildman–Crippen MR) is 86.6 cm³/mol. The first-order valence-electron chi connectivity index (χ1n) is 6.92. The molecule has 0 saturated carbocycles. The van der Waals surface area contributed by atoms with Gasteiger partial charge in [0.15, 0.2) is 5.78 Å². The maximum absolute atomic E-state index is 12.8. The molecule has 2 aromatic rings. The Morgan fingerprint density at radius 2 is 1.83 bits per heavy atom. The standard InChI is InChI=1S/C17H15ClFNO3/c1-23-13-6-7-15(14(18)10-13)20-17(22)9-8-16(21)11-2-4-12(19)5-3-11/h2-7,10H,8-9H2,1H3,(H,20,22). The quantitative estimate of drug-likeness (QED) is 0.809. The zero-order chi connectivity index (χ0) is 16.8. The van der Waals surface area contributed by atoms with Crippen LogP contribution in [0.1, 0.15) is 23.2 Å². The lowest BCUT2D eigenvalue weighted by atomic mass is 10.1. The molecule has 0 fully saturated rings. The lowest BCUT2D eigenvalue weighted by Crippen LogP contribution is -2.13. The second-order valence-electron chi connectivity index (χ2n) is 4.82. The molecule has 0 aromatic heterocycles. The SMILES string of the molecule is COc1ccc(NC(=O)CCC(=O)c2ccc(F)cc2)c(Cl)c1. The minimum absolute atomic E-state index is 0.0125. The van der Waals surface area contributed by atoms with E-state index in [1.54, 1.807) is 18.2 Å². The van der Waals surface area contributed by atoms with Crippen LogP contribution >= 0.6 is 11.6 Å². The number of hydrogen-bond acceptors (Lipinski definition) is 3. The van der Waals surface area contributed by atoms with E-state index in [2.05, 4.69) is 5.32 Å². The summed E-state index contributed by atoms with van der Waals surface area (Å²) in [5, 5.41) is 2.99. The summed E-state index contributed by atoms with van der Waals surface area (Å²) in [7, 11) is 1.52. The summed E-state index contributed by atoms with van der Waals surface area (Å²) in [4.78, 5) is 23.8. The average molecular weight is 336 g/mol. The normalized spacial score (nSPS) is 10.2. The Hall–Kier alpha value is -2.40. The van der Waals surface area contributed by atoms with E-state index in [1.807, 2.05) is 0 Å². The summed E-state index contributed by atoms with van der Waals surface area (Å²) in [6, 6.07) is 10.1. The van der Waals surface area contributed by atoms with Crippen LogP contribution in [0.4, 0.5) is 10.1 Å². The maximum atomic E-state index is 12.8. The number of methoxy groups -OCH3 is 1. The lowest BCUT2D eigenvalue weighted by molar-refractivity contribution is -0.116. The number of carbonyl (C=O) groups excluding carboxylic acids is 2. The van der Waals surface area contributed by atoms with Crippen molar-refractivity contribution in [3.63, 3.8) is 0 Å². The van der Waals surface area contributed by atoms with E-state index in [-0.39, 0.29) is 24.5 Å². The largest absolute Gasteiger partial charge is 0.497 e. The summed E-state index contributed by atoms with van der Waals surface area (Å²) < 4.78 is 17.8. The molecule has 6 heteroatoms. The number of benzene rings is 2. The molecular formula is C17H15ClFNO3. The number of rotatable bonds is 6. The highest BCUT2D eigenvalue weighted by atomic mass is 35.5. The first-order chi connectivity index (χ1) is 11.0. The second-order valence-corrected chi connectivity index (χ2v) is 5.23. The molecule has 1 N–H and O–H groups in total. The maximum Gasteiger partial charge on any atom is 0.224 e. The van der Waals surface area contributed by atoms with Crippen molar-refractivity contribution in [2.75, 3.05) is 12.4 Å². The van der Waals surface area contributed by atoms with Crippen molar-refractivity contribution >= 4 is 29.0 Å². The minimum atomic E-state index is -0.409. The molecule has 0 spiro atoms. The van der Waals surface area contributed by atoms with Crippen LogP contribution in [0.5, 0.6) is 5.75 Å². The fraction of sp³-hybridized carbons (Fsp3) is 0.176. The molecule has 0 bridgehead atoms. The van der Waals surface area contributed by atoms with Gasteiger partial charge in [-0.2, -0.15) is 0 Å². The molecule has 0 saturated heterocycles. The number of Topliss-reactive ketones (excluding diaryl/α,β-unsaturated/α-hetero) is 1. The Kier molecular flexibility index (Phi) is 5.71. The molecule has 120 valence electrons. The fourth-order valence-corrected chi connectivity index (χ4v) is 2.16. The van der Waals surface area contributed by atoms with Gasteiger partial charge in [0.25, 0.3) is 0 Å². The summed E-state index contributed by atoms with van der Waals surface area (Å²) >= 11 is 6.03. The summed E-state index contributed by atoms with van der Waals surface area (Å²) in [6.07, 6.45) is 0.0454. The molecule has 0 aliphatic carbocycles. The Labute approximate surface area is 138 Å². The van der Waals surface area contributed by atoms with Crippen molar-refractivity contribution < 1.29 is 18.7 Å². The summed E-state index contributed by atoms with van der Waals surface area (Å²) in [6.45, 7) is 0. The number of amides is 1. The van der Waals surface area contributed by atoms with E-state index in [1.165, 1.54) is 31.4 Å². The van der Waals surface area contributed by atoms with Gasteiger partial charge in [-0.05, 0) is 36.4 Å². The Balaban J connectivity index is 1.90. The van der Waals surface area contributed by atoms with Gasteiger partial charge < -0.3 is 10.1 Å². The van der Waals surface area contributed by atoms with Crippen LogP contribution < -0.4 is 10.1 Å². The van der Waals surface area contributed by atoms with E-state index < -0.39 is 5.82 Å². The first kappa shape index (κ1) is 17.0. The lowest BCUT2D eigenvalue weighted by Gasteiger charge is -2.08. The Bertz CT molecular complexity index is 716. The smallest absolute Gasteiger partial charge is 0.224 e. The third-order valence-electron chi connectivity index (χ3n) is 3.20. The molecule has 4 nitrogen and oxygen atoms in total.